The van der Waals surface area contributed by atoms with Crippen LogP contribution in [0, 0.1) is 0 Å². The molecule has 104 valence electrons. The number of aliphatic hydroxyl groups is 2. The van der Waals surface area contributed by atoms with Gasteiger partial charge in [-0.25, -0.2) is 0 Å². The summed E-state index contributed by atoms with van der Waals surface area (Å²) in [7, 11) is 0. The van der Waals surface area contributed by atoms with E-state index in [1.807, 2.05) is 30.3 Å². The monoisotopic (exact) mass is 271 g/mol. The van der Waals surface area contributed by atoms with Crippen LogP contribution in [0.5, 0.6) is 0 Å². The number of aliphatic hydroxyl groups excluding tert-OH is 1. The smallest absolute Gasteiger partial charge is 0.166 e. The van der Waals surface area contributed by atoms with E-state index in [2.05, 4.69) is 0 Å². The Labute approximate surface area is 117 Å². The van der Waals surface area contributed by atoms with Crippen LogP contribution in [0.4, 0.5) is 0 Å². The molecule has 2 aromatic rings. The summed E-state index contributed by atoms with van der Waals surface area (Å²) in [6.45, 7) is 0. The SMILES string of the molecule is N[C@@](O)(c1ccccc1C=O)[C@H](O)Cc1ccccc1. The molecule has 0 amide bonds. The molecule has 4 nitrogen and oxygen atoms in total. The molecule has 4 heteroatoms. The Balaban J connectivity index is 2.27. The number of aldehydes is 1. The van der Waals surface area contributed by atoms with Crippen molar-refractivity contribution in [1.29, 1.82) is 0 Å². The topological polar surface area (TPSA) is 83.5 Å². The summed E-state index contributed by atoms with van der Waals surface area (Å²) < 4.78 is 0. The van der Waals surface area contributed by atoms with Crippen molar-refractivity contribution in [1.82, 2.24) is 0 Å². The van der Waals surface area contributed by atoms with Crippen molar-refractivity contribution in [2.45, 2.75) is 18.2 Å². The van der Waals surface area contributed by atoms with Crippen LogP contribution < -0.4 is 5.73 Å². The van der Waals surface area contributed by atoms with Gasteiger partial charge in [-0.05, 0) is 5.56 Å². The van der Waals surface area contributed by atoms with E-state index >= 15 is 0 Å². The second-order valence-corrected chi connectivity index (χ2v) is 4.74. The molecule has 0 aliphatic carbocycles. The quantitative estimate of drug-likeness (QED) is 0.564. The van der Waals surface area contributed by atoms with Gasteiger partial charge in [0.2, 0.25) is 0 Å². The molecule has 0 saturated carbocycles. The zero-order valence-corrected chi connectivity index (χ0v) is 10.9. The van der Waals surface area contributed by atoms with Gasteiger partial charge in [-0.15, -0.1) is 0 Å². The Kier molecular flexibility index (Phi) is 4.29. The lowest BCUT2D eigenvalue weighted by atomic mass is 9.90. The molecule has 0 aliphatic rings. The molecule has 2 aromatic carbocycles. The van der Waals surface area contributed by atoms with Crippen LogP contribution in [-0.2, 0) is 12.1 Å². The minimum absolute atomic E-state index is 0.195. The number of hydrogen-bond donors (Lipinski definition) is 3. The molecule has 0 saturated heterocycles. The minimum atomic E-state index is -1.98. The van der Waals surface area contributed by atoms with Gasteiger partial charge in [0.05, 0.1) is 0 Å². The number of nitrogens with two attached hydrogens (primary N) is 1. The van der Waals surface area contributed by atoms with E-state index in [4.69, 9.17) is 5.73 Å². The summed E-state index contributed by atoms with van der Waals surface area (Å²) in [5, 5.41) is 20.6. The molecule has 2 atom stereocenters. The maximum absolute atomic E-state index is 11.0. The van der Waals surface area contributed by atoms with Gasteiger partial charge in [0.1, 0.15) is 12.4 Å². The molecule has 2 rings (SSSR count). The van der Waals surface area contributed by atoms with Gasteiger partial charge in [0.15, 0.2) is 5.72 Å². The highest BCUT2D eigenvalue weighted by Gasteiger charge is 2.34. The molecule has 0 fully saturated rings. The lowest BCUT2D eigenvalue weighted by Crippen LogP contribution is -2.49. The summed E-state index contributed by atoms with van der Waals surface area (Å²) in [4.78, 5) is 11.0. The molecule has 0 radical (unpaired) electrons. The average molecular weight is 271 g/mol. The highest BCUT2D eigenvalue weighted by Crippen LogP contribution is 2.24. The maximum Gasteiger partial charge on any atom is 0.166 e. The summed E-state index contributed by atoms with van der Waals surface area (Å²) >= 11 is 0. The van der Waals surface area contributed by atoms with Crippen molar-refractivity contribution in [3.8, 4) is 0 Å². The first kappa shape index (κ1) is 14.4. The Morgan fingerprint density at radius 3 is 2.35 bits per heavy atom. The first-order valence-electron chi connectivity index (χ1n) is 6.33. The molecule has 0 bridgehead atoms. The predicted octanol–water partition coefficient (Wildman–Crippen LogP) is 1.21. The molecule has 4 N–H and O–H groups in total. The van der Waals surface area contributed by atoms with Crippen molar-refractivity contribution >= 4 is 6.29 Å². The maximum atomic E-state index is 11.0. The molecule has 0 spiro atoms. The molecule has 0 aliphatic heterocycles. The summed E-state index contributed by atoms with van der Waals surface area (Å²) in [5.74, 6) is 0. The van der Waals surface area contributed by atoms with E-state index < -0.39 is 11.8 Å². The fraction of sp³-hybridized carbons (Fsp3) is 0.188. The number of hydrogen-bond acceptors (Lipinski definition) is 4. The van der Waals surface area contributed by atoms with Gasteiger partial charge in [-0.2, -0.15) is 0 Å². The Bertz CT molecular complexity index is 581. The van der Waals surface area contributed by atoms with Gasteiger partial charge in [-0.3, -0.25) is 10.5 Å². The number of carbonyl (C=O) groups excluding carboxylic acids is 1. The highest BCUT2D eigenvalue weighted by molar-refractivity contribution is 5.77. The molecule has 0 heterocycles. The largest absolute Gasteiger partial charge is 0.388 e. The third kappa shape index (κ3) is 2.93. The van der Waals surface area contributed by atoms with Crippen LogP contribution in [0.25, 0.3) is 0 Å². The molecular weight excluding hydrogens is 254 g/mol. The zero-order chi connectivity index (χ0) is 14.6. The van der Waals surface area contributed by atoms with Gasteiger partial charge in [0.25, 0.3) is 0 Å². The summed E-state index contributed by atoms with van der Waals surface area (Å²) in [5.41, 5.74) is 5.22. The molecule has 0 aromatic heterocycles. The van der Waals surface area contributed by atoms with E-state index in [0.717, 1.165) is 5.56 Å². The Morgan fingerprint density at radius 2 is 1.70 bits per heavy atom. The van der Waals surface area contributed by atoms with Crippen LogP contribution >= 0.6 is 0 Å². The van der Waals surface area contributed by atoms with Gasteiger partial charge >= 0.3 is 0 Å². The third-order valence-corrected chi connectivity index (χ3v) is 3.30. The average Bonchev–Trinajstić information content (AvgIpc) is 2.48. The number of benzene rings is 2. The minimum Gasteiger partial charge on any atom is -0.388 e. The fourth-order valence-electron chi connectivity index (χ4n) is 2.14. The number of carbonyl (C=O) groups is 1. The standard InChI is InChI=1S/C16H17NO3/c17-16(20,14-9-5-4-8-13(14)11-18)15(19)10-12-6-2-1-3-7-12/h1-9,11,15,19-20H,10,17H2/t15-,16-/m1/s1. The fourth-order valence-corrected chi connectivity index (χ4v) is 2.14. The first-order valence-corrected chi connectivity index (χ1v) is 6.33. The second-order valence-electron chi connectivity index (χ2n) is 4.74. The zero-order valence-electron chi connectivity index (χ0n) is 10.9. The number of rotatable bonds is 5. The third-order valence-electron chi connectivity index (χ3n) is 3.30. The van der Waals surface area contributed by atoms with Gasteiger partial charge in [0, 0.05) is 17.5 Å². The van der Waals surface area contributed by atoms with E-state index in [0.29, 0.717) is 6.29 Å². The van der Waals surface area contributed by atoms with Crippen LogP contribution in [0.2, 0.25) is 0 Å². The van der Waals surface area contributed by atoms with Crippen molar-refractivity contribution < 1.29 is 15.0 Å². The van der Waals surface area contributed by atoms with E-state index in [1.54, 1.807) is 18.2 Å². The first-order chi connectivity index (χ1) is 9.55. The van der Waals surface area contributed by atoms with E-state index in [-0.39, 0.29) is 17.5 Å². The van der Waals surface area contributed by atoms with Crippen molar-refractivity contribution in [2.24, 2.45) is 5.73 Å². The van der Waals surface area contributed by atoms with Crippen LogP contribution in [0.3, 0.4) is 0 Å². The van der Waals surface area contributed by atoms with Crippen molar-refractivity contribution in [2.75, 3.05) is 0 Å². The van der Waals surface area contributed by atoms with E-state index in [1.165, 1.54) is 6.07 Å². The van der Waals surface area contributed by atoms with Gasteiger partial charge in [-0.1, -0.05) is 54.6 Å². The van der Waals surface area contributed by atoms with Crippen LogP contribution in [0.1, 0.15) is 21.5 Å². The second kappa shape index (κ2) is 5.96. The van der Waals surface area contributed by atoms with Crippen LogP contribution in [0.15, 0.2) is 54.6 Å². The summed E-state index contributed by atoms with van der Waals surface area (Å²) in [6, 6.07) is 15.7. The highest BCUT2D eigenvalue weighted by atomic mass is 16.4. The lowest BCUT2D eigenvalue weighted by molar-refractivity contribution is -0.0759. The Morgan fingerprint density at radius 1 is 1.10 bits per heavy atom. The Hall–Kier alpha value is -2.01. The predicted molar refractivity (Wildman–Crippen MR) is 76.1 cm³/mol. The van der Waals surface area contributed by atoms with Crippen molar-refractivity contribution in [3.63, 3.8) is 0 Å². The van der Waals surface area contributed by atoms with Gasteiger partial charge < -0.3 is 10.2 Å². The molecule has 20 heavy (non-hydrogen) atoms. The molecular formula is C16H17NO3. The van der Waals surface area contributed by atoms with Crippen LogP contribution in [-0.4, -0.2) is 22.6 Å². The lowest BCUT2D eigenvalue weighted by Gasteiger charge is -2.30. The normalized spacial score (nSPS) is 15.3. The van der Waals surface area contributed by atoms with E-state index in [9.17, 15) is 15.0 Å². The molecule has 0 unspecified atom stereocenters. The van der Waals surface area contributed by atoms with Crippen molar-refractivity contribution in [3.05, 3.63) is 71.3 Å². The summed E-state index contributed by atoms with van der Waals surface area (Å²) in [6.07, 6.45) is -0.408.